The average Bonchev–Trinajstić information content (AvgIpc) is 3.38. The third-order valence-corrected chi connectivity index (χ3v) is 6.93. The van der Waals surface area contributed by atoms with Crippen molar-refractivity contribution < 1.29 is 27.6 Å². The Hall–Kier alpha value is -2.69. The summed E-state index contributed by atoms with van der Waals surface area (Å²) < 4.78 is 36.7. The van der Waals surface area contributed by atoms with Crippen LogP contribution in [0.3, 0.4) is 0 Å². The Morgan fingerprint density at radius 1 is 1.17 bits per heavy atom. The van der Waals surface area contributed by atoms with E-state index in [2.05, 4.69) is 15.5 Å². The van der Waals surface area contributed by atoms with Crippen molar-refractivity contribution in [3.05, 3.63) is 62.6 Å². The number of ketones is 1. The van der Waals surface area contributed by atoms with E-state index in [1.54, 1.807) is 24.3 Å². The number of Topliss-reactive ketones (excluding diaryl/α,β-unsaturated/α-hetero) is 1. The first kappa shape index (κ1) is 25.4. The van der Waals surface area contributed by atoms with Gasteiger partial charge in [-0.05, 0) is 37.3 Å². The highest BCUT2D eigenvalue weighted by Gasteiger charge is 2.37. The zero-order valence-electron chi connectivity index (χ0n) is 18.2. The third-order valence-electron chi connectivity index (χ3n) is 5.39. The van der Waals surface area contributed by atoms with E-state index in [1.165, 1.54) is 17.5 Å². The molecule has 4 rings (SSSR count). The molecule has 6 nitrogen and oxygen atoms in total. The van der Waals surface area contributed by atoms with Crippen LogP contribution in [0.2, 0.25) is 10.0 Å². The molecule has 12 heteroatoms. The van der Waals surface area contributed by atoms with E-state index >= 15 is 0 Å². The minimum absolute atomic E-state index is 0.188. The van der Waals surface area contributed by atoms with Gasteiger partial charge in [0.2, 0.25) is 0 Å². The molecule has 2 aromatic heterocycles. The molecule has 1 atom stereocenters. The van der Waals surface area contributed by atoms with Crippen molar-refractivity contribution in [2.24, 2.45) is 5.16 Å². The number of hydrogen-bond acceptors (Lipinski definition) is 6. The molecule has 0 bridgehead atoms. The summed E-state index contributed by atoms with van der Waals surface area (Å²) in [6.45, 7) is 1.40. The molecule has 0 saturated carbocycles. The summed E-state index contributed by atoms with van der Waals surface area (Å²) >= 11 is 13.6. The van der Waals surface area contributed by atoms with Crippen LogP contribution in [0.5, 0.6) is 0 Å². The monoisotopic (exact) mass is 543 g/mol. The number of aromatic nitrogens is 1. The first-order chi connectivity index (χ1) is 16.4. The van der Waals surface area contributed by atoms with Gasteiger partial charge in [0.15, 0.2) is 11.4 Å². The fraction of sp³-hybridized carbons (Fsp3) is 0.304. The maximum atomic E-state index is 12.4. The number of halogens is 5. The molecule has 1 aliphatic heterocycles. The van der Waals surface area contributed by atoms with Gasteiger partial charge in [-0.2, -0.15) is 13.2 Å². The van der Waals surface area contributed by atoms with Crippen molar-refractivity contribution in [2.45, 2.75) is 38.0 Å². The standard InChI is InChI=1S/C23H18Cl2F3N3O3S/c1-22(14-6-15(24)8-16(25)7-14)9-18(31-34-22)19-5-12-4-13(10-30-21(12)35-19)20(33)29-11-17(32)2-3-23(26,27)28/h4-8,10H,2-3,9,11H2,1H3,(H,29,33). The predicted molar refractivity (Wildman–Crippen MR) is 128 cm³/mol. The number of rotatable bonds is 7. The zero-order valence-corrected chi connectivity index (χ0v) is 20.5. The lowest BCUT2D eigenvalue weighted by Crippen LogP contribution is -2.30. The highest BCUT2D eigenvalue weighted by atomic mass is 35.5. The minimum Gasteiger partial charge on any atom is -0.384 e. The molecule has 0 spiro atoms. The lowest BCUT2D eigenvalue weighted by molar-refractivity contribution is -0.142. The van der Waals surface area contributed by atoms with Crippen LogP contribution in [0.1, 0.15) is 47.0 Å². The number of pyridine rings is 1. The van der Waals surface area contributed by atoms with Crippen LogP contribution in [0.15, 0.2) is 41.7 Å². The maximum absolute atomic E-state index is 12.4. The van der Waals surface area contributed by atoms with Crippen molar-refractivity contribution >= 4 is 62.2 Å². The van der Waals surface area contributed by atoms with Crippen LogP contribution in [0.4, 0.5) is 13.2 Å². The molecule has 1 aliphatic rings. The van der Waals surface area contributed by atoms with E-state index in [4.69, 9.17) is 28.0 Å². The van der Waals surface area contributed by atoms with Gasteiger partial charge in [-0.1, -0.05) is 28.4 Å². The summed E-state index contributed by atoms with van der Waals surface area (Å²) in [5, 5.41) is 8.25. The molecule has 1 aromatic carbocycles. The second-order valence-electron chi connectivity index (χ2n) is 8.26. The maximum Gasteiger partial charge on any atom is 0.389 e. The smallest absolute Gasteiger partial charge is 0.384 e. The molecule has 3 aromatic rings. The van der Waals surface area contributed by atoms with Crippen molar-refractivity contribution in [2.75, 3.05) is 6.54 Å². The van der Waals surface area contributed by atoms with Crippen LogP contribution < -0.4 is 5.32 Å². The van der Waals surface area contributed by atoms with E-state index in [-0.39, 0.29) is 5.56 Å². The molecular weight excluding hydrogens is 526 g/mol. The lowest BCUT2D eigenvalue weighted by atomic mass is 9.90. The minimum atomic E-state index is -4.42. The number of alkyl halides is 3. The molecule has 184 valence electrons. The molecule has 1 N–H and O–H groups in total. The number of oxime groups is 1. The molecule has 35 heavy (non-hydrogen) atoms. The number of amides is 1. The van der Waals surface area contributed by atoms with E-state index in [0.29, 0.717) is 32.4 Å². The Bertz CT molecular complexity index is 1320. The second-order valence-corrected chi connectivity index (χ2v) is 10.2. The molecule has 0 aliphatic carbocycles. The fourth-order valence-electron chi connectivity index (χ4n) is 3.54. The molecular formula is C23H18Cl2F3N3O3S. The summed E-state index contributed by atoms with van der Waals surface area (Å²) in [7, 11) is 0. The Kier molecular flexibility index (Phi) is 7.08. The summed E-state index contributed by atoms with van der Waals surface area (Å²) in [6.07, 6.45) is -4.50. The molecule has 0 radical (unpaired) electrons. The van der Waals surface area contributed by atoms with Crippen molar-refractivity contribution in [3.8, 4) is 0 Å². The van der Waals surface area contributed by atoms with Gasteiger partial charge >= 0.3 is 6.18 Å². The highest BCUT2D eigenvalue weighted by Crippen LogP contribution is 2.40. The number of carbonyl (C=O) groups excluding carboxylic acids is 2. The lowest BCUT2D eigenvalue weighted by Gasteiger charge is -2.22. The topological polar surface area (TPSA) is 80.7 Å². The zero-order chi connectivity index (χ0) is 25.4. The Labute approximate surface area is 212 Å². The van der Waals surface area contributed by atoms with E-state index in [1.807, 2.05) is 13.0 Å². The number of nitrogens with zero attached hydrogens (tertiary/aromatic N) is 2. The van der Waals surface area contributed by atoms with Gasteiger partial charge < -0.3 is 10.2 Å². The molecule has 3 heterocycles. The SMILES string of the molecule is CC1(c2cc(Cl)cc(Cl)c2)CC(c2cc3cc(C(=O)NCC(=O)CCC(F)(F)F)cnc3s2)=NO1. The van der Waals surface area contributed by atoms with Gasteiger partial charge in [0.25, 0.3) is 5.91 Å². The molecule has 1 amide bonds. The molecule has 0 fully saturated rings. The third kappa shape index (κ3) is 6.12. The number of benzene rings is 1. The van der Waals surface area contributed by atoms with Gasteiger partial charge in [0.1, 0.15) is 10.5 Å². The van der Waals surface area contributed by atoms with Crippen molar-refractivity contribution in [1.82, 2.24) is 10.3 Å². The van der Waals surface area contributed by atoms with Crippen LogP contribution in [-0.4, -0.2) is 35.1 Å². The van der Waals surface area contributed by atoms with Gasteiger partial charge in [-0.15, -0.1) is 11.3 Å². The van der Waals surface area contributed by atoms with E-state index < -0.39 is 42.9 Å². The summed E-state index contributed by atoms with van der Waals surface area (Å²) in [5.74, 6) is -1.30. The number of carbonyl (C=O) groups is 2. The highest BCUT2D eigenvalue weighted by molar-refractivity contribution is 7.20. The van der Waals surface area contributed by atoms with E-state index in [9.17, 15) is 22.8 Å². The Morgan fingerprint density at radius 3 is 2.57 bits per heavy atom. The van der Waals surface area contributed by atoms with E-state index in [0.717, 1.165) is 10.4 Å². The van der Waals surface area contributed by atoms with Crippen LogP contribution in [-0.2, 0) is 15.2 Å². The van der Waals surface area contributed by atoms with Gasteiger partial charge in [0.05, 0.1) is 23.4 Å². The molecule has 1 unspecified atom stereocenters. The van der Waals surface area contributed by atoms with Crippen molar-refractivity contribution in [3.63, 3.8) is 0 Å². The van der Waals surface area contributed by atoms with Crippen LogP contribution in [0.25, 0.3) is 10.2 Å². The van der Waals surface area contributed by atoms with Gasteiger partial charge in [-0.3, -0.25) is 9.59 Å². The first-order valence-electron chi connectivity index (χ1n) is 10.4. The second kappa shape index (κ2) is 9.75. The molecule has 0 saturated heterocycles. The van der Waals surface area contributed by atoms with Crippen molar-refractivity contribution in [1.29, 1.82) is 0 Å². The largest absolute Gasteiger partial charge is 0.389 e. The summed E-state index contributed by atoms with van der Waals surface area (Å²) in [6, 6.07) is 8.62. The van der Waals surface area contributed by atoms with Gasteiger partial charge in [0, 0.05) is 40.0 Å². The van der Waals surface area contributed by atoms with Crippen LogP contribution in [0, 0.1) is 0 Å². The van der Waals surface area contributed by atoms with Gasteiger partial charge in [-0.25, -0.2) is 4.98 Å². The summed E-state index contributed by atoms with van der Waals surface area (Å²) in [5.41, 5.74) is 0.926. The summed E-state index contributed by atoms with van der Waals surface area (Å²) in [4.78, 5) is 35.5. The number of thiophene rings is 1. The first-order valence-corrected chi connectivity index (χ1v) is 12.0. The quantitative estimate of drug-likeness (QED) is 0.380. The van der Waals surface area contributed by atoms with Crippen LogP contribution >= 0.6 is 34.5 Å². The Morgan fingerprint density at radius 2 is 1.89 bits per heavy atom. The number of hydrogen-bond donors (Lipinski definition) is 1. The number of nitrogens with one attached hydrogen (secondary N) is 1. The predicted octanol–water partition coefficient (Wildman–Crippen LogP) is 6.28. The Balaban J connectivity index is 1.44. The average molecular weight is 544 g/mol. The number of fused-ring (bicyclic) bond motifs is 1. The normalized spacial score (nSPS) is 17.8. The fourth-order valence-corrected chi connectivity index (χ4v) is 5.02.